The summed E-state index contributed by atoms with van der Waals surface area (Å²) in [6.07, 6.45) is 2.57. The summed E-state index contributed by atoms with van der Waals surface area (Å²) < 4.78 is 0. The third-order valence-corrected chi connectivity index (χ3v) is 6.16. The Balaban J connectivity index is 1.34. The number of carbonyl (C=O) groups is 1. The molecule has 1 N–H and O–H groups in total. The number of aryl methyl sites for hydroxylation is 1. The van der Waals surface area contributed by atoms with Gasteiger partial charge in [-0.2, -0.15) is 0 Å². The minimum absolute atomic E-state index is 0.0412. The van der Waals surface area contributed by atoms with Crippen molar-refractivity contribution in [1.29, 1.82) is 0 Å². The molecule has 0 spiro atoms. The maximum atomic E-state index is 12.7. The smallest absolute Gasteiger partial charge is 0.227 e. The van der Waals surface area contributed by atoms with E-state index in [9.17, 15) is 4.79 Å². The lowest BCUT2D eigenvalue weighted by molar-refractivity contribution is -0.120. The molecule has 3 aromatic rings. The average Bonchev–Trinajstić information content (AvgIpc) is 3.29. The van der Waals surface area contributed by atoms with Gasteiger partial charge in [0.25, 0.3) is 0 Å². The van der Waals surface area contributed by atoms with E-state index in [1.54, 1.807) is 11.3 Å². The highest BCUT2D eigenvalue weighted by Crippen LogP contribution is 2.26. The Labute approximate surface area is 169 Å². The van der Waals surface area contributed by atoms with Gasteiger partial charge in [0.1, 0.15) is 5.69 Å². The van der Waals surface area contributed by atoms with Crippen molar-refractivity contribution < 1.29 is 4.79 Å². The molecule has 1 aliphatic rings. The van der Waals surface area contributed by atoms with Crippen LogP contribution in [0.3, 0.4) is 0 Å². The summed E-state index contributed by atoms with van der Waals surface area (Å²) in [7, 11) is 0. The number of carbonyl (C=O) groups excluding carboxylic acids is 1. The minimum Gasteiger partial charge on any atom is -0.355 e. The van der Waals surface area contributed by atoms with Gasteiger partial charge in [0.15, 0.2) is 5.82 Å². The summed E-state index contributed by atoms with van der Waals surface area (Å²) in [6, 6.07) is 16.1. The van der Waals surface area contributed by atoms with Gasteiger partial charge in [-0.15, -0.1) is 21.5 Å². The van der Waals surface area contributed by atoms with Gasteiger partial charge in [-0.3, -0.25) is 4.79 Å². The standard InChI is InChI=1S/C22H24N4OS/c1-2-16-6-3-4-7-18(16)23-22(27)17-11-13-26(14-12-17)21-10-9-19(24-25-21)20-8-5-15-28-20/h3-10,15,17H,2,11-14H2,1H3,(H,23,27). The molecule has 1 aromatic carbocycles. The van der Waals surface area contributed by atoms with E-state index in [2.05, 4.69) is 39.5 Å². The maximum Gasteiger partial charge on any atom is 0.227 e. The van der Waals surface area contributed by atoms with Gasteiger partial charge in [0.05, 0.1) is 4.88 Å². The first-order valence-corrected chi connectivity index (χ1v) is 10.6. The number of nitrogens with one attached hydrogen (secondary N) is 1. The molecule has 6 heteroatoms. The number of nitrogens with zero attached hydrogens (tertiary/aromatic N) is 3. The number of piperidine rings is 1. The number of hydrogen-bond donors (Lipinski definition) is 1. The topological polar surface area (TPSA) is 58.1 Å². The Morgan fingerprint density at radius 1 is 1.11 bits per heavy atom. The number of para-hydroxylation sites is 1. The number of thiophene rings is 1. The van der Waals surface area contributed by atoms with Crippen LogP contribution in [-0.2, 0) is 11.2 Å². The van der Waals surface area contributed by atoms with Crippen molar-refractivity contribution >= 4 is 28.7 Å². The van der Waals surface area contributed by atoms with Crippen LogP contribution in [0.1, 0.15) is 25.3 Å². The fraction of sp³-hybridized carbons (Fsp3) is 0.318. The first-order valence-electron chi connectivity index (χ1n) is 9.76. The number of hydrogen-bond acceptors (Lipinski definition) is 5. The Morgan fingerprint density at radius 3 is 2.61 bits per heavy atom. The van der Waals surface area contributed by atoms with E-state index in [0.29, 0.717) is 0 Å². The predicted octanol–water partition coefficient (Wildman–Crippen LogP) is 4.62. The molecular formula is C22H24N4OS. The monoisotopic (exact) mass is 392 g/mol. The van der Waals surface area contributed by atoms with E-state index < -0.39 is 0 Å². The number of aromatic nitrogens is 2. The molecule has 5 nitrogen and oxygen atoms in total. The second kappa shape index (κ2) is 8.52. The van der Waals surface area contributed by atoms with Gasteiger partial charge in [-0.25, -0.2) is 0 Å². The van der Waals surface area contributed by atoms with Crippen LogP contribution >= 0.6 is 11.3 Å². The highest BCUT2D eigenvalue weighted by Gasteiger charge is 2.26. The molecule has 1 amide bonds. The number of benzene rings is 1. The summed E-state index contributed by atoms with van der Waals surface area (Å²) in [6.45, 7) is 3.75. The van der Waals surface area contributed by atoms with Gasteiger partial charge < -0.3 is 10.2 Å². The molecule has 2 aromatic heterocycles. The summed E-state index contributed by atoms with van der Waals surface area (Å²) >= 11 is 1.66. The largest absolute Gasteiger partial charge is 0.355 e. The molecule has 0 saturated carbocycles. The minimum atomic E-state index is 0.0412. The Bertz CT molecular complexity index is 916. The molecule has 1 fully saturated rings. The third kappa shape index (κ3) is 4.07. The van der Waals surface area contributed by atoms with Gasteiger partial charge >= 0.3 is 0 Å². The van der Waals surface area contributed by atoms with E-state index >= 15 is 0 Å². The van der Waals surface area contributed by atoms with Gasteiger partial charge in [-0.05, 0) is 54.5 Å². The van der Waals surface area contributed by atoms with Crippen LogP contribution in [0.4, 0.5) is 11.5 Å². The lowest BCUT2D eigenvalue weighted by Crippen LogP contribution is -2.38. The molecule has 1 aliphatic heterocycles. The van der Waals surface area contributed by atoms with E-state index in [1.807, 2.05) is 41.8 Å². The molecule has 144 valence electrons. The van der Waals surface area contributed by atoms with Crippen LogP contribution in [0.15, 0.2) is 53.9 Å². The van der Waals surface area contributed by atoms with Crippen LogP contribution in [0.5, 0.6) is 0 Å². The first-order chi connectivity index (χ1) is 13.7. The van der Waals surface area contributed by atoms with Crippen molar-refractivity contribution in [2.75, 3.05) is 23.3 Å². The zero-order valence-electron chi connectivity index (χ0n) is 16.0. The average molecular weight is 393 g/mol. The lowest BCUT2D eigenvalue weighted by atomic mass is 9.95. The number of amides is 1. The van der Waals surface area contributed by atoms with Crippen molar-refractivity contribution in [1.82, 2.24) is 10.2 Å². The molecule has 0 unspecified atom stereocenters. The van der Waals surface area contributed by atoms with E-state index in [4.69, 9.17) is 0 Å². The zero-order chi connectivity index (χ0) is 19.3. The molecule has 0 aliphatic carbocycles. The van der Waals surface area contributed by atoms with Crippen molar-refractivity contribution in [3.8, 4) is 10.6 Å². The molecule has 3 heterocycles. The van der Waals surface area contributed by atoms with Crippen molar-refractivity contribution in [3.63, 3.8) is 0 Å². The molecule has 4 rings (SSSR count). The third-order valence-electron chi connectivity index (χ3n) is 5.27. The van der Waals surface area contributed by atoms with Crippen LogP contribution in [0, 0.1) is 5.92 Å². The van der Waals surface area contributed by atoms with Crippen LogP contribution in [0.25, 0.3) is 10.6 Å². The Kier molecular flexibility index (Phi) is 5.67. The molecule has 28 heavy (non-hydrogen) atoms. The van der Waals surface area contributed by atoms with Crippen LogP contribution in [0.2, 0.25) is 0 Å². The quantitative estimate of drug-likeness (QED) is 0.688. The number of rotatable bonds is 5. The van der Waals surface area contributed by atoms with Crippen molar-refractivity contribution in [3.05, 3.63) is 59.5 Å². The zero-order valence-corrected chi connectivity index (χ0v) is 16.8. The summed E-state index contributed by atoms with van der Waals surface area (Å²) in [5.41, 5.74) is 3.02. The van der Waals surface area contributed by atoms with Crippen LogP contribution in [-0.4, -0.2) is 29.2 Å². The Morgan fingerprint density at radius 2 is 1.93 bits per heavy atom. The second-order valence-electron chi connectivity index (χ2n) is 7.02. The molecular weight excluding hydrogens is 368 g/mol. The summed E-state index contributed by atoms with van der Waals surface area (Å²) in [5.74, 6) is 1.05. The molecule has 1 saturated heterocycles. The molecule has 0 atom stereocenters. The van der Waals surface area contributed by atoms with Crippen molar-refractivity contribution in [2.45, 2.75) is 26.2 Å². The van der Waals surface area contributed by atoms with Crippen LogP contribution < -0.4 is 10.2 Å². The van der Waals surface area contributed by atoms with E-state index in [1.165, 1.54) is 5.56 Å². The summed E-state index contributed by atoms with van der Waals surface area (Å²) in [4.78, 5) is 16.0. The second-order valence-corrected chi connectivity index (χ2v) is 7.96. The van der Waals surface area contributed by atoms with Crippen molar-refractivity contribution in [2.24, 2.45) is 5.92 Å². The lowest BCUT2D eigenvalue weighted by Gasteiger charge is -2.32. The fourth-order valence-electron chi connectivity index (χ4n) is 3.61. The van der Waals surface area contributed by atoms with Gasteiger partial charge in [0, 0.05) is 24.7 Å². The maximum absolute atomic E-state index is 12.7. The van der Waals surface area contributed by atoms with E-state index in [0.717, 1.165) is 54.4 Å². The molecule has 0 bridgehead atoms. The summed E-state index contributed by atoms with van der Waals surface area (Å²) in [5, 5.41) is 13.9. The fourth-order valence-corrected chi connectivity index (χ4v) is 4.30. The molecule has 0 radical (unpaired) electrons. The highest BCUT2D eigenvalue weighted by atomic mass is 32.1. The Hall–Kier alpha value is -2.73. The number of anilines is 2. The van der Waals surface area contributed by atoms with E-state index in [-0.39, 0.29) is 11.8 Å². The van der Waals surface area contributed by atoms with Gasteiger partial charge in [0.2, 0.25) is 5.91 Å². The van der Waals surface area contributed by atoms with Gasteiger partial charge in [-0.1, -0.05) is 31.2 Å². The normalized spacial score (nSPS) is 14.8. The SMILES string of the molecule is CCc1ccccc1NC(=O)C1CCN(c2ccc(-c3cccs3)nn2)CC1. The predicted molar refractivity (Wildman–Crippen MR) is 115 cm³/mol. The first kappa shape index (κ1) is 18.6. The highest BCUT2D eigenvalue weighted by molar-refractivity contribution is 7.13.